The molecule has 0 aromatic heterocycles. The van der Waals surface area contributed by atoms with Crippen molar-refractivity contribution in [3.63, 3.8) is 0 Å². The van der Waals surface area contributed by atoms with Gasteiger partial charge in [-0.15, -0.1) is 12.4 Å². The first-order chi connectivity index (χ1) is 10.7. The Bertz CT molecular complexity index is 668. The number of carbonyl (C=O) groups is 1. The molecule has 24 heavy (non-hydrogen) atoms. The van der Waals surface area contributed by atoms with E-state index < -0.39 is 40.9 Å². The van der Waals surface area contributed by atoms with E-state index in [0.29, 0.717) is 17.8 Å². The SMILES string of the molecule is CCCS(=O)(=O)Nc1ccc(NC(=O)C2CC(F)(F)CN2)cc1.Cl. The van der Waals surface area contributed by atoms with Gasteiger partial charge >= 0.3 is 0 Å². The third-order valence-electron chi connectivity index (χ3n) is 3.32. The molecule has 1 aromatic rings. The predicted octanol–water partition coefficient (Wildman–Crippen LogP) is 2.20. The van der Waals surface area contributed by atoms with E-state index in [2.05, 4.69) is 15.4 Å². The first kappa shape index (κ1) is 20.6. The van der Waals surface area contributed by atoms with Gasteiger partial charge in [0.1, 0.15) is 0 Å². The molecule has 0 radical (unpaired) electrons. The van der Waals surface area contributed by atoms with E-state index in [1.165, 1.54) is 24.3 Å². The minimum atomic E-state index is -3.38. The average molecular weight is 384 g/mol. The highest BCUT2D eigenvalue weighted by Gasteiger charge is 2.42. The van der Waals surface area contributed by atoms with Crippen LogP contribution in [-0.4, -0.2) is 38.6 Å². The Morgan fingerprint density at radius 2 is 1.88 bits per heavy atom. The Balaban J connectivity index is 0.00000288. The maximum Gasteiger partial charge on any atom is 0.262 e. The first-order valence-corrected chi connectivity index (χ1v) is 8.89. The van der Waals surface area contributed by atoms with Crippen LogP contribution < -0.4 is 15.4 Å². The number of nitrogens with one attached hydrogen (secondary N) is 3. The predicted molar refractivity (Wildman–Crippen MR) is 91.4 cm³/mol. The molecule has 1 unspecified atom stereocenters. The van der Waals surface area contributed by atoms with Crippen LogP contribution in [0.25, 0.3) is 0 Å². The van der Waals surface area contributed by atoms with Crippen molar-refractivity contribution < 1.29 is 22.0 Å². The number of hydrogen-bond donors (Lipinski definition) is 3. The Morgan fingerprint density at radius 1 is 1.29 bits per heavy atom. The molecule has 1 aromatic carbocycles. The summed E-state index contributed by atoms with van der Waals surface area (Å²) in [5.74, 6) is -3.39. The van der Waals surface area contributed by atoms with Crippen molar-refractivity contribution in [1.82, 2.24) is 5.32 Å². The molecule has 1 heterocycles. The number of amides is 1. The summed E-state index contributed by atoms with van der Waals surface area (Å²) in [5, 5.41) is 4.99. The van der Waals surface area contributed by atoms with Crippen molar-refractivity contribution in [2.24, 2.45) is 0 Å². The summed E-state index contributed by atoms with van der Waals surface area (Å²) in [6, 6.07) is 5.08. The first-order valence-electron chi connectivity index (χ1n) is 7.23. The van der Waals surface area contributed by atoms with E-state index in [4.69, 9.17) is 0 Å². The number of anilines is 2. The van der Waals surface area contributed by atoms with Gasteiger partial charge < -0.3 is 5.32 Å². The second-order valence-electron chi connectivity index (χ2n) is 5.48. The summed E-state index contributed by atoms with van der Waals surface area (Å²) in [6.45, 7) is 1.25. The van der Waals surface area contributed by atoms with Crippen LogP contribution in [0.1, 0.15) is 19.8 Å². The fourth-order valence-corrected chi connectivity index (χ4v) is 3.39. The number of rotatable bonds is 6. The highest BCUT2D eigenvalue weighted by molar-refractivity contribution is 7.92. The summed E-state index contributed by atoms with van der Waals surface area (Å²) in [5.41, 5.74) is 0.785. The van der Waals surface area contributed by atoms with Crippen LogP contribution in [0.5, 0.6) is 0 Å². The van der Waals surface area contributed by atoms with Gasteiger partial charge in [0.2, 0.25) is 15.9 Å². The number of halogens is 3. The van der Waals surface area contributed by atoms with E-state index in [1.807, 2.05) is 0 Å². The van der Waals surface area contributed by atoms with Gasteiger partial charge in [-0.25, -0.2) is 17.2 Å². The molecular formula is C14H20ClF2N3O3S. The van der Waals surface area contributed by atoms with Crippen LogP contribution in [0.4, 0.5) is 20.2 Å². The zero-order valence-electron chi connectivity index (χ0n) is 13.0. The fourth-order valence-electron chi connectivity index (χ4n) is 2.25. The van der Waals surface area contributed by atoms with Gasteiger partial charge in [0.05, 0.1) is 18.3 Å². The third kappa shape index (κ3) is 5.88. The minimum Gasteiger partial charge on any atom is -0.325 e. The van der Waals surface area contributed by atoms with Crippen LogP contribution in [0, 0.1) is 0 Å². The molecule has 2 rings (SSSR count). The molecule has 1 fully saturated rings. The number of sulfonamides is 1. The monoisotopic (exact) mass is 383 g/mol. The Kier molecular flexibility index (Phi) is 6.94. The molecule has 1 amide bonds. The second kappa shape index (κ2) is 8.09. The summed E-state index contributed by atoms with van der Waals surface area (Å²) >= 11 is 0. The normalized spacial score (nSPS) is 19.4. The van der Waals surface area contributed by atoms with Crippen molar-refractivity contribution in [3.8, 4) is 0 Å². The summed E-state index contributed by atoms with van der Waals surface area (Å²) in [4.78, 5) is 11.9. The molecule has 6 nitrogen and oxygen atoms in total. The molecule has 10 heteroatoms. The van der Waals surface area contributed by atoms with Gasteiger partial charge in [0.25, 0.3) is 5.92 Å². The van der Waals surface area contributed by atoms with Crippen LogP contribution in [0.15, 0.2) is 24.3 Å². The fraction of sp³-hybridized carbons (Fsp3) is 0.500. The molecule has 1 aliphatic rings. The minimum absolute atomic E-state index is 0. The lowest BCUT2D eigenvalue weighted by molar-refractivity contribution is -0.118. The van der Waals surface area contributed by atoms with Crippen molar-refractivity contribution in [2.75, 3.05) is 22.3 Å². The van der Waals surface area contributed by atoms with E-state index in [9.17, 15) is 22.0 Å². The highest BCUT2D eigenvalue weighted by atomic mass is 35.5. The summed E-state index contributed by atoms with van der Waals surface area (Å²) in [7, 11) is -3.38. The third-order valence-corrected chi connectivity index (χ3v) is 4.82. The Hall–Kier alpha value is -1.45. The van der Waals surface area contributed by atoms with Crippen LogP contribution in [-0.2, 0) is 14.8 Å². The van der Waals surface area contributed by atoms with Crippen LogP contribution in [0.2, 0.25) is 0 Å². The van der Waals surface area contributed by atoms with Gasteiger partial charge in [0, 0.05) is 17.8 Å². The maximum atomic E-state index is 13.1. The Labute approximate surface area is 145 Å². The number of carbonyl (C=O) groups excluding carboxylic acids is 1. The van der Waals surface area contributed by atoms with E-state index in [1.54, 1.807) is 6.92 Å². The molecule has 0 aliphatic carbocycles. The van der Waals surface area contributed by atoms with Gasteiger partial charge in [0.15, 0.2) is 0 Å². The molecule has 3 N–H and O–H groups in total. The lowest BCUT2D eigenvalue weighted by Crippen LogP contribution is -2.35. The van der Waals surface area contributed by atoms with Crippen LogP contribution in [0.3, 0.4) is 0 Å². The number of alkyl halides is 2. The Morgan fingerprint density at radius 3 is 2.38 bits per heavy atom. The topological polar surface area (TPSA) is 87.3 Å². The number of hydrogen-bond acceptors (Lipinski definition) is 4. The van der Waals surface area contributed by atoms with Gasteiger partial charge in [-0.2, -0.15) is 0 Å². The lowest BCUT2D eigenvalue weighted by atomic mass is 10.2. The zero-order chi connectivity index (χ0) is 17.1. The molecule has 1 atom stereocenters. The average Bonchev–Trinajstić information content (AvgIpc) is 2.81. The summed E-state index contributed by atoms with van der Waals surface area (Å²) in [6.07, 6.45) is -0.0315. The van der Waals surface area contributed by atoms with Crippen molar-refractivity contribution in [1.29, 1.82) is 0 Å². The standard InChI is InChI=1S/C14H19F2N3O3S.ClH/c1-2-7-23(21,22)19-11-5-3-10(4-6-11)18-13(20)12-8-14(15,16)9-17-12;/h3-6,12,17,19H,2,7-9H2,1H3,(H,18,20);1H. The lowest BCUT2D eigenvalue weighted by Gasteiger charge is -2.12. The largest absolute Gasteiger partial charge is 0.325 e. The molecule has 0 spiro atoms. The number of benzene rings is 1. The van der Waals surface area contributed by atoms with E-state index >= 15 is 0 Å². The molecule has 0 saturated carbocycles. The van der Waals surface area contributed by atoms with Gasteiger partial charge in [-0.1, -0.05) is 6.92 Å². The second-order valence-corrected chi connectivity index (χ2v) is 7.32. The van der Waals surface area contributed by atoms with E-state index in [0.717, 1.165) is 0 Å². The van der Waals surface area contributed by atoms with E-state index in [-0.39, 0.29) is 18.2 Å². The van der Waals surface area contributed by atoms with Gasteiger partial charge in [-0.3, -0.25) is 14.8 Å². The quantitative estimate of drug-likeness (QED) is 0.702. The van der Waals surface area contributed by atoms with Crippen molar-refractivity contribution in [3.05, 3.63) is 24.3 Å². The van der Waals surface area contributed by atoms with Crippen molar-refractivity contribution >= 4 is 39.7 Å². The van der Waals surface area contributed by atoms with Gasteiger partial charge in [-0.05, 0) is 30.7 Å². The highest BCUT2D eigenvalue weighted by Crippen LogP contribution is 2.26. The summed E-state index contributed by atoms with van der Waals surface area (Å²) < 4.78 is 51.8. The maximum absolute atomic E-state index is 13.1. The molecule has 1 aliphatic heterocycles. The molecule has 136 valence electrons. The smallest absolute Gasteiger partial charge is 0.262 e. The van der Waals surface area contributed by atoms with Crippen molar-refractivity contribution in [2.45, 2.75) is 31.7 Å². The molecule has 0 bridgehead atoms. The molecule has 1 saturated heterocycles. The zero-order valence-corrected chi connectivity index (χ0v) is 14.6. The molecular weight excluding hydrogens is 364 g/mol. The van der Waals surface area contributed by atoms with Crippen LogP contribution >= 0.6 is 12.4 Å².